The maximum Gasteiger partial charge on any atom is 0.0130 e. The van der Waals surface area contributed by atoms with Gasteiger partial charge in [-0.1, -0.05) is 75.4 Å². The average molecular weight is 460 g/mol. The second-order valence-electron chi connectivity index (χ2n) is 8.16. The Morgan fingerprint density at radius 1 is 0.654 bits per heavy atom. The molecule has 0 aromatic heterocycles. The highest BCUT2D eigenvalue weighted by Gasteiger charge is 2.20. The molecule has 0 saturated heterocycles. The van der Waals surface area contributed by atoms with Crippen molar-refractivity contribution in [3.8, 4) is 0 Å². The zero-order chi connectivity index (χ0) is 18.2. The minimum atomic E-state index is 0.957. The van der Waals surface area contributed by atoms with E-state index in [0.29, 0.717) is 0 Å². The topological polar surface area (TPSA) is 0 Å². The summed E-state index contributed by atoms with van der Waals surface area (Å²) in [5, 5.41) is 0. The van der Waals surface area contributed by atoms with Gasteiger partial charge < -0.3 is 0 Å². The van der Waals surface area contributed by atoms with Gasteiger partial charge in [0.25, 0.3) is 0 Å². The molecule has 1 heteroatoms. The molecule has 1 aliphatic carbocycles. The SMILES string of the molecule is CCCc1ccc(CC[C@H]2CC[C@H](CCc3ccc(I)cc3)CC2)cc1. The second-order valence-corrected chi connectivity index (χ2v) is 9.40. The predicted molar refractivity (Wildman–Crippen MR) is 122 cm³/mol. The van der Waals surface area contributed by atoms with Crippen LogP contribution in [0.1, 0.15) is 68.6 Å². The van der Waals surface area contributed by atoms with E-state index in [1.165, 1.54) is 84.5 Å². The Bertz CT molecular complexity index is 633. The van der Waals surface area contributed by atoms with Crippen molar-refractivity contribution in [3.05, 3.63) is 68.8 Å². The number of hydrogen-bond acceptors (Lipinski definition) is 0. The van der Waals surface area contributed by atoms with Crippen molar-refractivity contribution in [1.82, 2.24) is 0 Å². The van der Waals surface area contributed by atoms with Crippen LogP contribution in [0.4, 0.5) is 0 Å². The lowest BCUT2D eigenvalue weighted by Gasteiger charge is -2.28. The van der Waals surface area contributed by atoms with Crippen LogP contribution in [0.15, 0.2) is 48.5 Å². The fourth-order valence-corrected chi connectivity index (χ4v) is 4.72. The molecular weight excluding hydrogens is 427 g/mol. The molecule has 1 fully saturated rings. The van der Waals surface area contributed by atoms with Gasteiger partial charge in [0.1, 0.15) is 0 Å². The summed E-state index contributed by atoms with van der Waals surface area (Å²) in [6.07, 6.45) is 13.5. The van der Waals surface area contributed by atoms with E-state index >= 15 is 0 Å². The maximum absolute atomic E-state index is 2.39. The zero-order valence-electron chi connectivity index (χ0n) is 16.2. The van der Waals surface area contributed by atoms with Crippen LogP contribution in [0.2, 0.25) is 0 Å². The highest BCUT2D eigenvalue weighted by Crippen LogP contribution is 2.34. The Labute approximate surface area is 173 Å². The Balaban J connectivity index is 1.35. The first-order chi connectivity index (χ1) is 12.7. The van der Waals surface area contributed by atoms with Gasteiger partial charge >= 0.3 is 0 Å². The van der Waals surface area contributed by atoms with Crippen molar-refractivity contribution in [2.45, 2.75) is 71.1 Å². The Kier molecular flexibility index (Phi) is 8.04. The summed E-state index contributed by atoms with van der Waals surface area (Å²) in [5.74, 6) is 1.92. The number of aryl methyl sites for hydroxylation is 3. The van der Waals surface area contributed by atoms with Crippen LogP contribution in [0, 0.1) is 15.4 Å². The van der Waals surface area contributed by atoms with Gasteiger partial charge in [-0.3, -0.25) is 0 Å². The van der Waals surface area contributed by atoms with E-state index in [2.05, 4.69) is 78.0 Å². The summed E-state index contributed by atoms with van der Waals surface area (Å²) >= 11 is 2.39. The van der Waals surface area contributed by atoms with Crippen molar-refractivity contribution >= 4 is 22.6 Å². The van der Waals surface area contributed by atoms with Crippen molar-refractivity contribution in [2.24, 2.45) is 11.8 Å². The predicted octanol–water partition coefficient (Wildman–Crippen LogP) is 7.62. The molecule has 0 bridgehead atoms. The van der Waals surface area contributed by atoms with Gasteiger partial charge in [0.05, 0.1) is 0 Å². The maximum atomic E-state index is 2.39. The van der Waals surface area contributed by atoms with E-state index in [4.69, 9.17) is 0 Å². The summed E-state index contributed by atoms with van der Waals surface area (Å²) in [5.41, 5.74) is 4.54. The van der Waals surface area contributed by atoms with Crippen LogP contribution in [0.5, 0.6) is 0 Å². The van der Waals surface area contributed by atoms with E-state index in [1.54, 1.807) is 0 Å². The Morgan fingerprint density at radius 3 is 1.46 bits per heavy atom. The second kappa shape index (κ2) is 10.5. The van der Waals surface area contributed by atoms with Crippen LogP contribution in [-0.2, 0) is 19.3 Å². The first-order valence-electron chi connectivity index (χ1n) is 10.5. The molecule has 140 valence electrons. The van der Waals surface area contributed by atoms with Crippen molar-refractivity contribution in [1.29, 1.82) is 0 Å². The average Bonchev–Trinajstić information content (AvgIpc) is 2.68. The van der Waals surface area contributed by atoms with Gasteiger partial charge in [-0.25, -0.2) is 0 Å². The Hall–Kier alpha value is -0.830. The zero-order valence-corrected chi connectivity index (χ0v) is 18.4. The molecule has 0 amide bonds. The van der Waals surface area contributed by atoms with Crippen LogP contribution in [0.3, 0.4) is 0 Å². The molecule has 0 radical (unpaired) electrons. The summed E-state index contributed by atoms with van der Waals surface area (Å²) in [6, 6.07) is 18.5. The molecular formula is C25H33I. The minimum absolute atomic E-state index is 0.957. The van der Waals surface area contributed by atoms with Crippen LogP contribution in [0.25, 0.3) is 0 Å². The third-order valence-corrected chi connectivity index (χ3v) is 6.84. The van der Waals surface area contributed by atoms with Crippen molar-refractivity contribution in [3.63, 3.8) is 0 Å². The van der Waals surface area contributed by atoms with Gasteiger partial charge in [-0.2, -0.15) is 0 Å². The number of hydrogen-bond donors (Lipinski definition) is 0. The van der Waals surface area contributed by atoms with E-state index in [-0.39, 0.29) is 0 Å². The van der Waals surface area contributed by atoms with E-state index < -0.39 is 0 Å². The molecule has 0 N–H and O–H groups in total. The Morgan fingerprint density at radius 2 is 1.04 bits per heavy atom. The molecule has 0 aliphatic heterocycles. The van der Waals surface area contributed by atoms with Crippen molar-refractivity contribution < 1.29 is 0 Å². The van der Waals surface area contributed by atoms with Crippen LogP contribution < -0.4 is 0 Å². The molecule has 0 spiro atoms. The highest BCUT2D eigenvalue weighted by atomic mass is 127. The molecule has 1 saturated carbocycles. The van der Waals surface area contributed by atoms with Gasteiger partial charge in [0.15, 0.2) is 0 Å². The monoisotopic (exact) mass is 460 g/mol. The fourth-order valence-electron chi connectivity index (χ4n) is 4.36. The van der Waals surface area contributed by atoms with Gasteiger partial charge in [-0.05, 0) is 95.4 Å². The van der Waals surface area contributed by atoms with E-state index in [1.807, 2.05) is 0 Å². The smallest absolute Gasteiger partial charge is 0.0130 e. The molecule has 0 nitrogen and oxygen atoms in total. The fraction of sp³-hybridized carbons (Fsp3) is 0.520. The first-order valence-corrected chi connectivity index (χ1v) is 11.6. The third kappa shape index (κ3) is 6.40. The molecule has 0 atom stereocenters. The molecule has 2 aromatic carbocycles. The van der Waals surface area contributed by atoms with Gasteiger partial charge in [-0.15, -0.1) is 0 Å². The summed E-state index contributed by atoms with van der Waals surface area (Å²) in [6.45, 7) is 2.25. The summed E-state index contributed by atoms with van der Waals surface area (Å²) in [4.78, 5) is 0. The van der Waals surface area contributed by atoms with Gasteiger partial charge in [0, 0.05) is 3.57 Å². The highest BCUT2D eigenvalue weighted by molar-refractivity contribution is 14.1. The van der Waals surface area contributed by atoms with Crippen LogP contribution >= 0.6 is 22.6 Å². The standard InChI is InChI=1S/C25H33I/c1-2-3-20-4-6-21(7-5-20)8-9-22-10-12-23(13-11-22)14-15-24-16-18-25(26)19-17-24/h4-7,16-19,22-23H,2-3,8-15H2,1H3/t22-,23-. The molecule has 2 aromatic rings. The minimum Gasteiger partial charge on any atom is -0.0651 e. The molecule has 1 aliphatic rings. The first kappa shape index (κ1) is 19.9. The molecule has 3 rings (SSSR count). The number of benzene rings is 2. The molecule has 0 unspecified atom stereocenters. The molecule has 0 heterocycles. The lowest BCUT2D eigenvalue weighted by atomic mass is 9.77. The normalized spacial score (nSPS) is 20.2. The van der Waals surface area contributed by atoms with Crippen LogP contribution in [-0.4, -0.2) is 0 Å². The summed E-state index contributed by atoms with van der Waals surface area (Å²) < 4.78 is 1.34. The number of halogens is 1. The lowest BCUT2D eigenvalue weighted by molar-refractivity contribution is 0.253. The number of rotatable bonds is 8. The van der Waals surface area contributed by atoms with Gasteiger partial charge in [0.2, 0.25) is 0 Å². The summed E-state index contributed by atoms with van der Waals surface area (Å²) in [7, 11) is 0. The van der Waals surface area contributed by atoms with E-state index in [0.717, 1.165) is 11.8 Å². The lowest BCUT2D eigenvalue weighted by Crippen LogP contribution is -2.15. The third-order valence-electron chi connectivity index (χ3n) is 6.12. The largest absolute Gasteiger partial charge is 0.0651 e. The molecule has 26 heavy (non-hydrogen) atoms. The quantitative estimate of drug-likeness (QED) is 0.356. The van der Waals surface area contributed by atoms with E-state index in [9.17, 15) is 0 Å². The van der Waals surface area contributed by atoms with Crippen molar-refractivity contribution in [2.75, 3.05) is 0 Å².